The van der Waals surface area contributed by atoms with E-state index < -0.39 is 18.4 Å². The van der Waals surface area contributed by atoms with Crippen LogP contribution < -0.4 is 21.3 Å². The number of anilines is 3. The van der Waals surface area contributed by atoms with Crippen LogP contribution in [0.4, 0.5) is 26.1 Å². The van der Waals surface area contributed by atoms with Crippen molar-refractivity contribution in [1.82, 2.24) is 9.97 Å². The van der Waals surface area contributed by atoms with Crippen LogP contribution in [0.1, 0.15) is 25.3 Å². The van der Waals surface area contributed by atoms with Crippen LogP contribution in [0.5, 0.6) is 0 Å². The third-order valence-corrected chi connectivity index (χ3v) is 7.98. The number of piperidine rings is 1. The number of hydrogen-bond acceptors (Lipinski definition) is 8. The van der Waals surface area contributed by atoms with E-state index in [-0.39, 0.29) is 40.9 Å². The number of nitrogen functional groups attached to an aromatic ring is 1. The highest BCUT2D eigenvalue weighted by atomic mass is 35.5. The molecule has 0 aliphatic carbocycles. The van der Waals surface area contributed by atoms with E-state index in [9.17, 15) is 13.6 Å². The van der Waals surface area contributed by atoms with E-state index in [2.05, 4.69) is 14.9 Å². The van der Waals surface area contributed by atoms with Gasteiger partial charge in [0.25, 0.3) is 5.92 Å². The number of carbonyl (C=O) groups excluding carboxylic acids is 1. The zero-order valence-electron chi connectivity index (χ0n) is 18.7. The van der Waals surface area contributed by atoms with E-state index in [0.717, 1.165) is 42.6 Å². The molecule has 1 aromatic heterocycles. The Labute approximate surface area is 206 Å². The summed E-state index contributed by atoms with van der Waals surface area (Å²) in [6.07, 6.45) is 3.44. The maximum atomic E-state index is 14.8. The summed E-state index contributed by atoms with van der Waals surface area (Å²) in [5, 5.41) is 0.351. The zero-order valence-corrected chi connectivity index (χ0v) is 20.3. The Morgan fingerprint density at radius 3 is 2.65 bits per heavy atom. The molecule has 12 heteroatoms. The van der Waals surface area contributed by atoms with Crippen LogP contribution in [0.3, 0.4) is 0 Å². The molecule has 2 fully saturated rings. The van der Waals surface area contributed by atoms with Crippen molar-refractivity contribution in [2.75, 3.05) is 48.4 Å². The number of nitrogens with zero attached hydrogens (tertiary/aromatic N) is 4. The Morgan fingerprint density at radius 1 is 1.29 bits per heavy atom. The monoisotopic (exact) mass is 512 g/mol. The molecule has 0 radical (unpaired) electrons. The first kappa shape index (κ1) is 24.9. The highest BCUT2D eigenvalue weighted by Gasteiger charge is 2.47. The van der Waals surface area contributed by atoms with E-state index in [0.29, 0.717) is 29.0 Å². The van der Waals surface area contributed by atoms with E-state index in [4.69, 9.17) is 16.2 Å². The third-order valence-electron chi connectivity index (χ3n) is 6.91. The molecule has 1 atom stereocenters. The molecule has 34 heavy (non-hydrogen) atoms. The van der Waals surface area contributed by atoms with Crippen molar-refractivity contribution < 1.29 is 18.3 Å². The minimum absolute atomic E-state index is 0. The molecule has 3 aliphatic heterocycles. The van der Waals surface area contributed by atoms with Gasteiger partial charge in [0.05, 0.1) is 37.2 Å². The predicted molar refractivity (Wildman–Crippen MR) is 129 cm³/mol. The van der Waals surface area contributed by atoms with Crippen molar-refractivity contribution in [1.29, 1.82) is 0 Å². The number of benzene rings is 1. The van der Waals surface area contributed by atoms with Gasteiger partial charge in [0.15, 0.2) is 5.82 Å². The highest BCUT2D eigenvalue weighted by molar-refractivity contribution is 7.99. The SMILES string of the molecule is CC(=O)N1CC(F)(F)c2c(Sc3ncc(N4CCC5(CC4)COC[C@H]5N)nc3N)cccc21.Cl. The number of ether oxygens (including phenoxy) is 1. The molecule has 2 saturated heterocycles. The third kappa shape index (κ3) is 4.19. The zero-order chi connectivity index (χ0) is 23.4. The van der Waals surface area contributed by atoms with Crippen LogP contribution in [-0.4, -0.2) is 54.8 Å². The van der Waals surface area contributed by atoms with Crippen molar-refractivity contribution in [3.63, 3.8) is 0 Å². The lowest BCUT2D eigenvalue weighted by Crippen LogP contribution is -2.49. The molecular formula is C22H27ClF2N6O2S. The number of rotatable bonds is 3. The van der Waals surface area contributed by atoms with Gasteiger partial charge in [-0.2, -0.15) is 8.78 Å². The lowest BCUT2D eigenvalue weighted by molar-refractivity contribution is -0.117. The fourth-order valence-electron chi connectivity index (χ4n) is 4.93. The van der Waals surface area contributed by atoms with Crippen molar-refractivity contribution in [2.45, 2.75) is 41.7 Å². The Balaban J connectivity index is 0.00000274. The highest BCUT2D eigenvalue weighted by Crippen LogP contribution is 2.49. The van der Waals surface area contributed by atoms with Crippen LogP contribution in [0.25, 0.3) is 0 Å². The van der Waals surface area contributed by atoms with Crippen molar-refractivity contribution >= 4 is 47.4 Å². The smallest absolute Gasteiger partial charge is 0.293 e. The number of fused-ring (bicyclic) bond motifs is 1. The van der Waals surface area contributed by atoms with Crippen molar-refractivity contribution in [3.05, 3.63) is 30.0 Å². The second-order valence-electron chi connectivity index (χ2n) is 8.95. The van der Waals surface area contributed by atoms with Gasteiger partial charge in [0.1, 0.15) is 10.8 Å². The van der Waals surface area contributed by atoms with Crippen LogP contribution in [0.15, 0.2) is 34.3 Å². The Bertz CT molecular complexity index is 1100. The van der Waals surface area contributed by atoms with Gasteiger partial charge in [0.2, 0.25) is 5.91 Å². The molecule has 1 spiro atoms. The van der Waals surface area contributed by atoms with Crippen LogP contribution in [-0.2, 0) is 15.5 Å². The molecule has 4 N–H and O–H groups in total. The van der Waals surface area contributed by atoms with E-state index in [1.807, 2.05) is 0 Å². The van der Waals surface area contributed by atoms with Gasteiger partial charge in [0, 0.05) is 36.4 Å². The first-order chi connectivity index (χ1) is 15.7. The summed E-state index contributed by atoms with van der Waals surface area (Å²) in [6.45, 7) is 3.46. The molecular weight excluding hydrogens is 486 g/mol. The average molecular weight is 513 g/mol. The van der Waals surface area contributed by atoms with Crippen LogP contribution >= 0.6 is 24.2 Å². The minimum Gasteiger partial charge on any atom is -0.381 e. The minimum atomic E-state index is -3.15. The van der Waals surface area contributed by atoms with Crippen molar-refractivity contribution in [2.24, 2.45) is 11.1 Å². The second-order valence-corrected chi connectivity index (χ2v) is 9.98. The van der Waals surface area contributed by atoms with Crippen molar-refractivity contribution in [3.8, 4) is 0 Å². The number of alkyl halides is 2. The normalized spacial score (nSPS) is 22.5. The number of aromatic nitrogens is 2. The summed E-state index contributed by atoms with van der Waals surface area (Å²) in [6, 6.07) is 4.83. The molecule has 2 aromatic rings. The van der Waals surface area contributed by atoms with Crippen LogP contribution in [0, 0.1) is 5.41 Å². The summed E-state index contributed by atoms with van der Waals surface area (Å²) in [7, 11) is 0. The van der Waals surface area contributed by atoms with Gasteiger partial charge in [-0.3, -0.25) is 4.79 Å². The molecule has 0 bridgehead atoms. The molecule has 1 aromatic carbocycles. The second kappa shape index (κ2) is 9.10. The average Bonchev–Trinajstić information content (AvgIpc) is 3.27. The van der Waals surface area contributed by atoms with Gasteiger partial charge >= 0.3 is 0 Å². The summed E-state index contributed by atoms with van der Waals surface area (Å²) in [5.41, 5.74) is 12.5. The molecule has 1 amide bonds. The van der Waals surface area contributed by atoms with E-state index in [1.54, 1.807) is 18.3 Å². The molecule has 0 unspecified atom stereocenters. The molecule has 0 saturated carbocycles. The van der Waals surface area contributed by atoms with Gasteiger partial charge < -0.3 is 26.0 Å². The van der Waals surface area contributed by atoms with Gasteiger partial charge in [-0.1, -0.05) is 17.8 Å². The summed E-state index contributed by atoms with van der Waals surface area (Å²) in [4.78, 5) is 24.3. The number of nitrogens with two attached hydrogens (primary N) is 2. The molecule has 184 valence electrons. The molecule has 8 nitrogen and oxygen atoms in total. The first-order valence-corrected chi connectivity index (χ1v) is 11.7. The van der Waals surface area contributed by atoms with Gasteiger partial charge in [-0.15, -0.1) is 12.4 Å². The Hall–Kier alpha value is -2.21. The fourth-order valence-corrected chi connectivity index (χ4v) is 5.89. The van der Waals surface area contributed by atoms with E-state index >= 15 is 0 Å². The maximum absolute atomic E-state index is 14.8. The molecule has 4 heterocycles. The largest absolute Gasteiger partial charge is 0.381 e. The first-order valence-electron chi connectivity index (χ1n) is 10.9. The number of amides is 1. The maximum Gasteiger partial charge on any atom is 0.293 e. The predicted octanol–water partition coefficient (Wildman–Crippen LogP) is 3.03. The van der Waals surface area contributed by atoms with E-state index in [1.165, 1.54) is 13.0 Å². The quantitative estimate of drug-likeness (QED) is 0.645. The Morgan fingerprint density at radius 2 is 2.03 bits per heavy atom. The molecule has 5 rings (SSSR count). The topological polar surface area (TPSA) is 111 Å². The lowest BCUT2D eigenvalue weighted by atomic mass is 9.75. The summed E-state index contributed by atoms with van der Waals surface area (Å²) < 4.78 is 35.1. The standard InChI is InChI=1S/C22H26F2N6O2S.ClH/c1-13(31)30-11-22(23,24)18-14(30)3-2-4-15(18)33-20-19(26)28-17(9-27-20)29-7-5-21(6-8-29)12-32-10-16(21)25;/h2-4,9,16H,5-8,10-12,25H2,1H3,(H2,26,28);1H/t16-;/m1./s1. The lowest BCUT2D eigenvalue weighted by Gasteiger charge is -2.41. The molecule has 3 aliphatic rings. The Kier molecular flexibility index (Phi) is 6.67. The van der Waals surface area contributed by atoms with Gasteiger partial charge in [-0.25, -0.2) is 9.97 Å². The number of halogens is 3. The number of hydrogen-bond donors (Lipinski definition) is 2. The number of carbonyl (C=O) groups is 1. The summed E-state index contributed by atoms with van der Waals surface area (Å²) in [5.74, 6) is -2.74. The fraction of sp³-hybridized carbons (Fsp3) is 0.500. The van der Waals surface area contributed by atoms with Gasteiger partial charge in [-0.05, 0) is 25.0 Å². The summed E-state index contributed by atoms with van der Waals surface area (Å²) >= 11 is 1.04. The van der Waals surface area contributed by atoms with Crippen LogP contribution in [0.2, 0.25) is 0 Å².